The summed E-state index contributed by atoms with van der Waals surface area (Å²) in [5, 5.41) is 13.5. The van der Waals surface area contributed by atoms with Crippen molar-refractivity contribution in [2.24, 2.45) is 0 Å². The lowest BCUT2D eigenvalue weighted by atomic mass is 10.2. The van der Waals surface area contributed by atoms with E-state index in [0.717, 1.165) is 18.7 Å². The fourth-order valence-corrected chi connectivity index (χ4v) is 3.08. The minimum atomic E-state index is -0.780. The number of anilines is 1. The number of hydrogen-bond donors (Lipinski definition) is 2. The van der Waals surface area contributed by atoms with Crippen molar-refractivity contribution in [1.29, 1.82) is 5.26 Å². The Balaban J connectivity index is 1.57. The molecule has 0 aromatic heterocycles. The minimum absolute atomic E-state index is 0.0194. The maximum absolute atomic E-state index is 12.4. The van der Waals surface area contributed by atoms with E-state index in [1.165, 1.54) is 0 Å². The third-order valence-electron chi connectivity index (χ3n) is 4.45. The van der Waals surface area contributed by atoms with E-state index in [2.05, 4.69) is 21.6 Å². The van der Waals surface area contributed by atoms with Gasteiger partial charge in [-0.2, -0.15) is 5.26 Å². The second kappa shape index (κ2) is 7.21. The quantitative estimate of drug-likeness (QED) is 0.764. The van der Waals surface area contributed by atoms with E-state index in [1.54, 1.807) is 17.0 Å². The first-order valence-corrected chi connectivity index (χ1v) is 8.21. The maximum Gasteiger partial charge on any atom is 0.322 e. The summed E-state index contributed by atoms with van der Waals surface area (Å²) in [5.41, 5.74) is 1.64. The number of nitrogens with one attached hydrogen (secondary N) is 2. The zero-order chi connectivity index (χ0) is 17.8. The lowest BCUT2D eigenvalue weighted by molar-refractivity contribution is -0.133. The molecule has 2 N–H and O–H groups in total. The van der Waals surface area contributed by atoms with Crippen molar-refractivity contribution >= 4 is 23.5 Å². The second-order valence-electron chi connectivity index (χ2n) is 6.10. The molecule has 2 fully saturated rings. The number of benzene rings is 1. The van der Waals surface area contributed by atoms with E-state index in [0.29, 0.717) is 25.2 Å². The van der Waals surface area contributed by atoms with Gasteiger partial charge in [-0.1, -0.05) is 0 Å². The Bertz CT molecular complexity index is 725. The Morgan fingerprint density at radius 3 is 2.56 bits per heavy atom. The lowest BCUT2D eigenvalue weighted by Crippen LogP contribution is -2.40. The molecule has 2 aliphatic rings. The van der Waals surface area contributed by atoms with Crippen molar-refractivity contribution < 1.29 is 14.4 Å². The van der Waals surface area contributed by atoms with Gasteiger partial charge in [0.2, 0.25) is 5.91 Å². The highest BCUT2D eigenvalue weighted by atomic mass is 16.2. The summed E-state index contributed by atoms with van der Waals surface area (Å²) in [7, 11) is 0. The van der Waals surface area contributed by atoms with Crippen LogP contribution in [0.25, 0.3) is 0 Å². The third-order valence-corrected chi connectivity index (χ3v) is 4.45. The summed E-state index contributed by atoms with van der Waals surface area (Å²) in [6, 6.07) is 8.16. The molecule has 2 aliphatic heterocycles. The summed E-state index contributed by atoms with van der Waals surface area (Å²) >= 11 is 0. The van der Waals surface area contributed by atoms with Gasteiger partial charge in [0.15, 0.2) is 0 Å². The number of nitriles is 1. The van der Waals surface area contributed by atoms with E-state index in [1.807, 2.05) is 12.1 Å². The Morgan fingerprint density at radius 1 is 1.16 bits per heavy atom. The normalized spacial score (nSPS) is 20.5. The second-order valence-corrected chi connectivity index (χ2v) is 6.10. The van der Waals surface area contributed by atoms with Gasteiger partial charge in [-0.3, -0.25) is 14.9 Å². The van der Waals surface area contributed by atoms with Crippen molar-refractivity contribution in [3.63, 3.8) is 0 Å². The highest BCUT2D eigenvalue weighted by Crippen LogP contribution is 2.18. The highest BCUT2D eigenvalue weighted by molar-refractivity contribution is 6.05. The molecule has 1 aromatic carbocycles. The predicted molar refractivity (Wildman–Crippen MR) is 89.6 cm³/mol. The molecule has 8 heteroatoms. The fourth-order valence-electron chi connectivity index (χ4n) is 3.08. The summed E-state index contributed by atoms with van der Waals surface area (Å²) < 4.78 is 0. The van der Waals surface area contributed by atoms with E-state index < -0.39 is 18.0 Å². The molecule has 1 aromatic rings. The first-order chi connectivity index (χ1) is 12.1. The summed E-state index contributed by atoms with van der Waals surface area (Å²) in [5.74, 6) is -0.587. The Labute approximate surface area is 145 Å². The average molecular weight is 341 g/mol. The number of imide groups is 1. The van der Waals surface area contributed by atoms with Gasteiger partial charge in [0.25, 0.3) is 5.91 Å². The predicted octanol–water partition coefficient (Wildman–Crippen LogP) is 0.195. The molecule has 2 saturated heterocycles. The van der Waals surface area contributed by atoms with Crippen LogP contribution in [0.4, 0.5) is 10.5 Å². The highest BCUT2D eigenvalue weighted by Gasteiger charge is 2.33. The van der Waals surface area contributed by atoms with Gasteiger partial charge in [-0.15, -0.1) is 0 Å². The standard InChI is InChI=1S/C17H19N5O3/c18-11-12-2-4-13(5-3-12)21-6-1-7-22(9-8-21)15(23)10-14-16(24)20-17(25)19-14/h2-5,14H,1,6-10H2,(H2,19,20,24,25). The van der Waals surface area contributed by atoms with Gasteiger partial charge < -0.3 is 15.1 Å². The van der Waals surface area contributed by atoms with Crippen LogP contribution in [-0.4, -0.2) is 55.0 Å². The molecule has 3 rings (SSSR count). The third kappa shape index (κ3) is 3.88. The van der Waals surface area contributed by atoms with Gasteiger partial charge in [0.1, 0.15) is 6.04 Å². The first kappa shape index (κ1) is 16.8. The van der Waals surface area contributed by atoms with Crippen LogP contribution in [0.2, 0.25) is 0 Å². The van der Waals surface area contributed by atoms with E-state index in [4.69, 9.17) is 5.26 Å². The van der Waals surface area contributed by atoms with Crippen molar-refractivity contribution in [2.75, 3.05) is 31.1 Å². The Morgan fingerprint density at radius 2 is 1.92 bits per heavy atom. The number of rotatable bonds is 3. The van der Waals surface area contributed by atoms with Crippen LogP contribution in [0, 0.1) is 11.3 Å². The van der Waals surface area contributed by atoms with Crippen LogP contribution < -0.4 is 15.5 Å². The number of nitrogens with zero attached hydrogens (tertiary/aromatic N) is 3. The number of amides is 4. The van der Waals surface area contributed by atoms with Crippen molar-refractivity contribution in [1.82, 2.24) is 15.5 Å². The molecule has 0 bridgehead atoms. The molecule has 0 aliphatic carbocycles. The van der Waals surface area contributed by atoms with Gasteiger partial charge in [0, 0.05) is 31.9 Å². The SMILES string of the molecule is N#Cc1ccc(N2CCCN(C(=O)CC3NC(=O)NC3=O)CC2)cc1. The van der Waals surface area contributed by atoms with Crippen LogP contribution in [-0.2, 0) is 9.59 Å². The van der Waals surface area contributed by atoms with Gasteiger partial charge in [0.05, 0.1) is 18.1 Å². The number of carbonyl (C=O) groups excluding carboxylic acids is 3. The van der Waals surface area contributed by atoms with Gasteiger partial charge in [-0.05, 0) is 30.7 Å². The largest absolute Gasteiger partial charge is 0.370 e. The molecule has 1 unspecified atom stereocenters. The molecule has 0 radical (unpaired) electrons. The minimum Gasteiger partial charge on any atom is -0.370 e. The van der Waals surface area contributed by atoms with E-state index in [9.17, 15) is 14.4 Å². The molecule has 25 heavy (non-hydrogen) atoms. The van der Waals surface area contributed by atoms with E-state index in [-0.39, 0.29) is 12.3 Å². The van der Waals surface area contributed by atoms with Gasteiger partial charge >= 0.3 is 6.03 Å². The smallest absolute Gasteiger partial charge is 0.322 e. The van der Waals surface area contributed by atoms with Crippen molar-refractivity contribution in [3.8, 4) is 6.07 Å². The molecule has 0 saturated carbocycles. The topological polar surface area (TPSA) is 106 Å². The molecule has 4 amide bonds. The van der Waals surface area contributed by atoms with Crippen LogP contribution in [0.3, 0.4) is 0 Å². The summed E-state index contributed by atoms with van der Waals surface area (Å²) in [6.07, 6.45) is 0.795. The zero-order valence-electron chi connectivity index (χ0n) is 13.7. The molecule has 1 atom stereocenters. The monoisotopic (exact) mass is 341 g/mol. The number of urea groups is 1. The van der Waals surface area contributed by atoms with Crippen molar-refractivity contribution in [3.05, 3.63) is 29.8 Å². The Hall–Kier alpha value is -3.08. The fraction of sp³-hybridized carbons (Fsp3) is 0.412. The van der Waals surface area contributed by atoms with Gasteiger partial charge in [-0.25, -0.2) is 4.79 Å². The molecular formula is C17H19N5O3. The van der Waals surface area contributed by atoms with Crippen LogP contribution in [0.15, 0.2) is 24.3 Å². The number of hydrogen-bond acceptors (Lipinski definition) is 5. The zero-order valence-corrected chi connectivity index (χ0v) is 13.7. The van der Waals surface area contributed by atoms with E-state index >= 15 is 0 Å². The maximum atomic E-state index is 12.4. The summed E-state index contributed by atoms with van der Waals surface area (Å²) in [4.78, 5) is 39.0. The molecule has 8 nitrogen and oxygen atoms in total. The molecule has 2 heterocycles. The average Bonchev–Trinajstić information content (AvgIpc) is 2.81. The number of carbonyl (C=O) groups is 3. The molecule has 0 spiro atoms. The molecule has 130 valence electrons. The Kier molecular flexibility index (Phi) is 4.84. The van der Waals surface area contributed by atoms with Crippen LogP contribution in [0.1, 0.15) is 18.4 Å². The lowest BCUT2D eigenvalue weighted by Gasteiger charge is -2.24. The van der Waals surface area contributed by atoms with Crippen LogP contribution in [0.5, 0.6) is 0 Å². The van der Waals surface area contributed by atoms with Crippen LogP contribution >= 0.6 is 0 Å². The van der Waals surface area contributed by atoms with Crippen molar-refractivity contribution in [2.45, 2.75) is 18.9 Å². The molecular weight excluding hydrogens is 322 g/mol. The first-order valence-electron chi connectivity index (χ1n) is 8.21. The summed E-state index contributed by atoms with van der Waals surface area (Å²) in [6.45, 7) is 2.67.